The maximum atomic E-state index is 11.9. The Balaban J connectivity index is 4.42. The summed E-state index contributed by atoms with van der Waals surface area (Å²) in [6.45, 7) is 2.34. The van der Waals surface area contributed by atoms with Gasteiger partial charge in [-0.05, 0) is 6.92 Å². The first-order chi connectivity index (χ1) is 6.32. The van der Waals surface area contributed by atoms with Crippen molar-refractivity contribution in [3.8, 4) is 0 Å². The summed E-state index contributed by atoms with van der Waals surface area (Å²) in [6.07, 6.45) is -4.77. The Morgan fingerprint density at radius 1 is 1.21 bits per heavy atom. The molecule has 3 nitrogen and oxygen atoms in total. The highest BCUT2D eigenvalue weighted by Crippen LogP contribution is 2.18. The van der Waals surface area contributed by atoms with Gasteiger partial charge in [-0.1, -0.05) is 6.92 Å². The first-order valence-electron chi connectivity index (χ1n) is 4.20. The summed E-state index contributed by atoms with van der Waals surface area (Å²) in [7, 11) is 0. The number of rotatable bonds is 4. The Morgan fingerprint density at radius 2 is 1.71 bits per heavy atom. The van der Waals surface area contributed by atoms with Gasteiger partial charge < -0.3 is 4.90 Å². The minimum atomic E-state index is -4.90. The zero-order valence-electron chi connectivity index (χ0n) is 8.02. The molecule has 6 heteroatoms. The summed E-state index contributed by atoms with van der Waals surface area (Å²) in [5.41, 5.74) is 0. The van der Waals surface area contributed by atoms with Gasteiger partial charge in [0.1, 0.15) is 0 Å². The van der Waals surface area contributed by atoms with Crippen molar-refractivity contribution >= 4 is 11.7 Å². The van der Waals surface area contributed by atoms with E-state index in [1.165, 1.54) is 13.8 Å². The number of ketones is 1. The van der Waals surface area contributed by atoms with Crippen LogP contribution in [0, 0.1) is 0 Å². The molecule has 0 radical (unpaired) electrons. The molecule has 0 unspecified atom stereocenters. The zero-order chi connectivity index (χ0) is 11.4. The smallest absolute Gasteiger partial charge is 0.328 e. The fraction of sp³-hybridized carbons (Fsp3) is 0.750. The summed E-state index contributed by atoms with van der Waals surface area (Å²) >= 11 is 0. The van der Waals surface area contributed by atoms with E-state index in [2.05, 4.69) is 0 Å². The van der Waals surface area contributed by atoms with Crippen LogP contribution in [0.3, 0.4) is 0 Å². The summed E-state index contributed by atoms with van der Waals surface area (Å²) in [5, 5.41) is 0. The van der Waals surface area contributed by atoms with Crippen molar-refractivity contribution in [1.29, 1.82) is 0 Å². The van der Waals surface area contributed by atoms with E-state index in [-0.39, 0.29) is 18.7 Å². The third-order valence-corrected chi connectivity index (χ3v) is 1.67. The van der Waals surface area contributed by atoms with Crippen molar-refractivity contribution in [1.82, 2.24) is 4.90 Å². The molecule has 0 N–H and O–H groups in total. The Bertz CT molecular complexity index is 225. The number of hydrogen-bond acceptors (Lipinski definition) is 2. The molecule has 0 aliphatic carbocycles. The fourth-order valence-electron chi connectivity index (χ4n) is 0.831. The van der Waals surface area contributed by atoms with E-state index in [0.717, 1.165) is 0 Å². The van der Waals surface area contributed by atoms with Gasteiger partial charge in [0.25, 0.3) is 0 Å². The maximum Gasteiger partial charge on any atom is 0.471 e. The van der Waals surface area contributed by atoms with Crippen LogP contribution >= 0.6 is 0 Å². The Hall–Kier alpha value is -1.07. The van der Waals surface area contributed by atoms with Crippen molar-refractivity contribution in [2.45, 2.75) is 26.4 Å². The lowest BCUT2D eigenvalue weighted by Crippen LogP contribution is -2.43. The van der Waals surface area contributed by atoms with Crippen LogP contribution in [0.5, 0.6) is 0 Å². The second-order valence-electron chi connectivity index (χ2n) is 2.71. The minimum Gasteiger partial charge on any atom is -0.328 e. The average molecular weight is 211 g/mol. The number of alkyl halides is 3. The molecular weight excluding hydrogens is 199 g/mol. The van der Waals surface area contributed by atoms with E-state index in [1.54, 1.807) is 0 Å². The van der Waals surface area contributed by atoms with Gasteiger partial charge in [-0.2, -0.15) is 13.2 Å². The number of nitrogens with zero attached hydrogens (tertiary/aromatic N) is 1. The van der Waals surface area contributed by atoms with Crippen LogP contribution in [-0.2, 0) is 9.59 Å². The number of amides is 1. The van der Waals surface area contributed by atoms with Crippen LogP contribution < -0.4 is 0 Å². The number of Topliss-reactive ketones (excluding diaryl/α,β-unsaturated/α-hetero) is 1. The van der Waals surface area contributed by atoms with Gasteiger partial charge in [0, 0.05) is 13.0 Å². The molecule has 0 aliphatic rings. The molecule has 82 valence electrons. The zero-order valence-corrected chi connectivity index (χ0v) is 8.02. The fourth-order valence-corrected chi connectivity index (χ4v) is 0.831. The van der Waals surface area contributed by atoms with E-state index in [0.29, 0.717) is 4.90 Å². The molecule has 0 saturated carbocycles. The normalized spacial score (nSPS) is 11.2. The third-order valence-electron chi connectivity index (χ3n) is 1.67. The van der Waals surface area contributed by atoms with Crippen molar-refractivity contribution in [2.75, 3.05) is 13.1 Å². The van der Waals surface area contributed by atoms with E-state index in [4.69, 9.17) is 0 Å². The first-order valence-corrected chi connectivity index (χ1v) is 4.20. The molecule has 0 aromatic rings. The highest BCUT2D eigenvalue weighted by Gasteiger charge is 2.42. The molecule has 0 atom stereocenters. The Morgan fingerprint density at radius 3 is 2.00 bits per heavy atom. The summed E-state index contributed by atoms with van der Waals surface area (Å²) < 4.78 is 35.8. The van der Waals surface area contributed by atoms with Gasteiger partial charge >= 0.3 is 12.1 Å². The van der Waals surface area contributed by atoms with Crippen LogP contribution in [0.4, 0.5) is 13.2 Å². The maximum absolute atomic E-state index is 11.9. The van der Waals surface area contributed by atoms with Crippen LogP contribution in [-0.4, -0.2) is 35.9 Å². The molecule has 0 aliphatic heterocycles. The standard InChI is InChI=1S/C8H12F3NO2/c1-3-6(13)5-12(4-2)7(14)8(9,10)11/h3-5H2,1-2H3. The Kier molecular flexibility index (Phi) is 4.59. The predicted octanol–water partition coefficient (Wildman–Crippen LogP) is 1.38. The number of carbonyl (C=O) groups is 2. The average Bonchev–Trinajstić information content (AvgIpc) is 2.11. The quantitative estimate of drug-likeness (QED) is 0.704. The van der Waals surface area contributed by atoms with E-state index in [9.17, 15) is 22.8 Å². The van der Waals surface area contributed by atoms with Gasteiger partial charge in [-0.25, -0.2) is 0 Å². The molecule has 0 heterocycles. The lowest BCUT2D eigenvalue weighted by molar-refractivity contribution is -0.185. The van der Waals surface area contributed by atoms with Crippen LogP contribution in [0.15, 0.2) is 0 Å². The molecular formula is C8H12F3NO2. The molecule has 0 aromatic carbocycles. The molecule has 0 rings (SSSR count). The molecule has 14 heavy (non-hydrogen) atoms. The summed E-state index contributed by atoms with van der Waals surface area (Å²) in [4.78, 5) is 22.0. The SMILES string of the molecule is CCC(=O)CN(CC)C(=O)C(F)(F)F. The number of halogens is 3. The second kappa shape index (κ2) is 4.97. The Labute approximate surface area is 79.9 Å². The van der Waals surface area contributed by atoms with E-state index in [1.807, 2.05) is 0 Å². The molecule has 0 fully saturated rings. The van der Waals surface area contributed by atoms with Gasteiger partial charge in [0.2, 0.25) is 0 Å². The predicted molar refractivity (Wildman–Crippen MR) is 43.6 cm³/mol. The lowest BCUT2D eigenvalue weighted by Gasteiger charge is -2.20. The van der Waals surface area contributed by atoms with Crippen molar-refractivity contribution in [2.24, 2.45) is 0 Å². The largest absolute Gasteiger partial charge is 0.471 e. The van der Waals surface area contributed by atoms with Crippen molar-refractivity contribution in [3.63, 3.8) is 0 Å². The van der Waals surface area contributed by atoms with Crippen molar-refractivity contribution < 1.29 is 22.8 Å². The number of hydrogen-bond donors (Lipinski definition) is 0. The van der Waals surface area contributed by atoms with Crippen LogP contribution in [0.1, 0.15) is 20.3 Å². The van der Waals surface area contributed by atoms with Gasteiger partial charge in [0.05, 0.1) is 6.54 Å². The number of carbonyl (C=O) groups excluding carboxylic acids is 2. The summed E-state index contributed by atoms with van der Waals surface area (Å²) in [5.74, 6) is -2.34. The minimum absolute atomic E-state index is 0.121. The topological polar surface area (TPSA) is 37.4 Å². The molecule has 0 saturated heterocycles. The van der Waals surface area contributed by atoms with Crippen molar-refractivity contribution in [3.05, 3.63) is 0 Å². The highest BCUT2D eigenvalue weighted by atomic mass is 19.4. The lowest BCUT2D eigenvalue weighted by atomic mass is 10.3. The molecule has 0 spiro atoms. The molecule has 1 amide bonds. The highest BCUT2D eigenvalue weighted by molar-refractivity contribution is 5.88. The van der Waals surface area contributed by atoms with E-state index < -0.39 is 18.6 Å². The van der Waals surface area contributed by atoms with Gasteiger partial charge in [-0.3, -0.25) is 9.59 Å². The monoisotopic (exact) mass is 211 g/mol. The van der Waals surface area contributed by atoms with E-state index >= 15 is 0 Å². The van der Waals surface area contributed by atoms with Crippen LogP contribution in [0.2, 0.25) is 0 Å². The van der Waals surface area contributed by atoms with Gasteiger partial charge in [-0.15, -0.1) is 0 Å². The molecule has 0 bridgehead atoms. The number of likely N-dealkylation sites (N-methyl/N-ethyl adjacent to an activating group) is 1. The third kappa shape index (κ3) is 3.76. The summed E-state index contributed by atoms with van der Waals surface area (Å²) in [6, 6.07) is 0. The van der Waals surface area contributed by atoms with Gasteiger partial charge in [0.15, 0.2) is 5.78 Å². The second-order valence-corrected chi connectivity index (χ2v) is 2.71. The first kappa shape index (κ1) is 12.9. The molecule has 0 aromatic heterocycles. The van der Waals surface area contributed by atoms with Crippen LogP contribution in [0.25, 0.3) is 0 Å².